The third kappa shape index (κ3) is 2.60. The van der Waals surface area contributed by atoms with Gasteiger partial charge in [0.15, 0.2) is 0 Å². The van der Waals surface area contributed by atoms with Crippen LogP contribution in [-0.2, 0) is 0 Å². The van der Waals surface area contributed by atoms with Crippen LogP contribution in [0.4, 0.5) is 5.69 Å². The van der Waals surface area contributed by atoms with Crippen molar-refractivity contribution in [2.75, 3.05) is 12.0 Å². The van der Waals surface area contributed by atoms with Crippen LogP contribution in [0.15, 0.2) is 75.9 Å². The second-order valence-electron chi connectivity index (χ2n) is 6.70. The monoisotopic (exact) mass is 398 g/mol. The van der Waals surface area contributed by atoms with E-state index in [0.29, 0.717) is 27.9 Å². The van der Waals surface area contributed by atoms with Gasteiger partial charge in [-0.3, -0.25) is 9.59 Å². The lowest BCUT2D eigenvalue weighted by atomic mass is 10.1. The van der Waals surface area contributed by atoms with Crippen molar-refractivity contribution in [3.8, 4) is 17.2 Å². The number of fused-ring (bicyclic) bond motifs is 2. The van der Waals surface area contributed by atoms with E-state index in [1.165, 1.54) is 19.2 Å². The summed E-state index contributed by atoms with van der Waals surface area (Å²) in [5.74, 6) is -0.435. The average molecular weight is 398 g/mol. The van der Waals surface area contributed by atoms with Crippen molar-refractivity contribution in [1.29, 1.82) is 0 Å². The summed E-state index contributed by atoms with van der Waals surface area (Å²) >= 11 is 0. The number of aromatic nitrogens is 1. The molecule has 0 N–H and O–H groups in total. The van der Waals surface area contributed by atoms with Crippen LogP contribution < -0.4 is 15.3 Å². The van der Waals surface area contributed by atoms with Gasteiger partial charge >= 0.3 is 5.63 Å². The van der Waals surface area contributed by atoms with Gasteiger partial charge in [0, 0.05) is 5.56 Å². The van der Waals surface area contributed by atoms with E-state index < -0.39 is 17.4 Å². The molecule has 7 heteroatoms. The minimum absolute atomic E-state index is 0.0810. The number of hydrogen-bond acceptors (Lipinski definition) is 6. The normalized spacial score (nSPS) is 13.0. The Morgan fingerprint density at radius 3 is 2.43 bits per heavy atom. The number of benzene rings is 3. The van der Waals surface area contributed by atoms with Crippen molar-refractivity contribution in [1.82, 2.24) is 4.98 Å². The third-order valence-electron chi connectivity index (χ3n) is 4.99. The Balaban J connectivity index is 1.62. The molecule has 0 radical (unpaired) electrons. The minimum Gasteiger partial charge on any atom is -0.495 e. The predicted octanol–water partition coefficient (Wildman–Crippen LogP) is 3.66. The van der Waals surface area contributed by atoms with E-state index in [1.807, 2.05) is 0 Å². The van der Waals surface area contributed by atoms with Gasteiger partial charge in [-0.2, -0.15) is 0 Å². The van der Waals surface area contributed by atoms with Gasteiger partial charge in [-0.15, -0.1) is 0 Å². The number of anilines is 1. The maximum Gasteiger partial charge on any atom is 0.347 e. The van der Waals surface area contributed by atoms with Crippen LogP contribution in [0, 0.1) is 0 Å². The predicted molar refractivity (Wildman–Crippen MR) is 110 cm³/mol. The molecule has 0 spiro atoms. The van der Waals surface area contributed by atoms with E-state index in [2.05, 4.69) is 4.98 Å². The van der Waals surface area contributed by atoms with Crippen molar-refractivity contribution in [3.05, 3.63) is 88.3 Å². The fourth-order valence-corrected chi connectivity index (χ4v) is 3.55. The largest absolute Gasteiger partial charge is 0.495 e. The molecule has 1 aliphatic heterocycles. The Labute approximate surface area is 170 Å². The van der Waals surface area contributed by atoms with Crippen LogP contribution >= 0.6 is 0 Å². The van der Waals surface area contributed by atoms with Crippen LogP contribution in [0.2, 0.25) is 0 Å². The molecule has 0 saturated heterocycles. The van der Waals surface area contributed by atoms with Crippen LogP contribution in [-0.4, -0.2) is 23.9 Å². The number of carbonyl (C=O) groups excluding carboxylic acids is 2. The molecule has 0 unspecified atom stereocenters. The number of imide groups is 1. The second-order valence-corrected chi connectivity index (χ2v) is 6.70. The van der Waals surface area contributed by atoms with Gasteiger partial charge in [0.1, 0.15) is 5.75 Å². The maximum atomic E-state index is 13.1. The Morgan fingerprint density at radius 1 is 0.867 bits per heavy atom. The molecular formula is C23H14N2O5. The van der Waals surface area contributed by atoms with Gasteiger partial charge in [-0.1, -0.05) is 24.3 Å². The molecule has 0 bridgehead atoms. The van der Waals surface area contributed by atoms with Gasteiger partial charge < -0.3 is 9.15 Å². The first-order chi connectivity index (χ1) is 14.6. The van der Waals surface area contributed by atoms with Crippen molar-refractivity contribution in [2.45, 2.75) is 0 Å². The summed E-state index contributed by atoms with van der Waals surface area (Å²) in [6.07, 6.45) is 0. The molecule has 0 aliphatic carbocycles. The molecule has 0 atom stereocenters. The standard InChI is InChI=1S/C23H14N2O5/c1-29-19-9-5-4-8-18(19)25-21(26)14-11-10-13(12-16(14)22(25)27)20-24-17-7-3-2-6-15(17)23(28)30-20/h2-12H,1H3. The molecule has 146 valence electrons. The van der Waals surface area contributed by atoms with E-state index in [0.717, 1.165) is 4.90 Å². The molecule has 1 aliphatic rings. The Kier molecular flexibility index (Phi) is 3.96. The van der Waals surface area contributed by atoms with Crippen LogP contribution in [0.5, 0.6) is 5.75 Å². The number of rotatable bonds is 3. The molecular weight excluding hydrogens is 384 g/mol. The fourth-order valence-electron chi connectivity index (χ4n) is 3.55. The van der Waals surface area contributed by atoms with Crippen LogP contribution in [0.1, 0.15) is 20.7 Å². The molecule has 7 nitrogen and oxygen atoms in total. The van der Waals surface area contributed by atoms with Crippen molar-refractivity contribution in [3.63, 3.8) is 0 Å². The average Bonchev–Trinajstić information content (AvgIpc) is 3.03. The summed E-state index contributed by atoms with van der Waals surface area (Å²) in [5, 5.41) is 0.371. The topological polar surface area (TPSA) is 89.7 Å². The van der Waals surface area contributed by atoms with Crippen molar-refractivity contribution in [2.24, 2.45) is 0 Å². The van der Waals surface area contributed by atoms with Gasteiger partial charge in [-0.25, -0.2) is 14.7 Å². The van der Waals surface area contributed by atoms with Crippen LogP contribution in [0.3, 0.4) is 0 Å². The SMILES string of the molecule is COc1ccccc1N1C(=O)c2ccc(-c3nc4ccccc4c(=O)o3)cc2C1=O. The first-order valence-electron chi connectivity index (χ1n) is 9.14. The van der Waals surface area contributed by atoms with Gasteiger partial charge in [0.2, 0.25) is 5.89 Å². The van der Waals surface area contributed by atoms with E-state index >= 15 is 0 Å². The zero-order chi connectivity index (χ0) is 20.8. The summed E-state index contributed by atoms with van der Waals surface area (Å²) in [4.78, 5) is 43.7. The minimum atomic E-state index is -0.519. The second kappa shape index (κ2) is 6.66. The van der Waals surface area contributed by atoms with E-state index in [-0.39, 0.29) is 17.0 Å². The fraction of sp³-hybridized carbons (Fsp3) is 0.0435. The zero-order valence-corrected chi connectivity index (χ0v) is 15.8. The maximum absolute atomic E-state index is 13.1. The summed E-state index contributed by atoms with van der Waals surface area (Å²) in [5.41, 5.74) is 1.23. The van der Waals surface area contributed by atoms with Gasteiger partial charge in [0.05, 0.1) is 34.8 Å². The first-order valence-corrected chi connectivity index (χ1v) is 9.14. The smallest absolute Gasteiger partial charge is 0.347 e. The van der Waals surface area contributed by atoms with Gasteiger partial charge in [0.25, 0.3) is 11.8 Å². The molecule has 5 rings (SSSR count). The molecule has 30 heavy (non-hydrogen) atoms. The number of hydrogen-bond donors (Lipinski definition) is 0. The van der Waals surface area contributed by atoms with E-state index in [9.17, 15) is 14.4 Å². The highest BCUT2D eigenvalue weighted by Crippen LogP contribution is 2.35. The number of nitrogens with zero attached hydrogens (tertiary/aromatic N) is 2. The van der Waals surface area contributed by atoms with Crippen molar-refractivity contribution < 1.29 is 18.7 Å². The molecule has 1 aromatic heterocycles. The molecule has 2 heterocycles. The lowest BCUT2D eigenvalue weighted by Gasteiger charge is -2.16. The highest BCUT2D eigenvalue weighted by atomic mass is 16.5. The molecule has 0 saturated carbocycles. The lowest BCUT2D eigenvalue weighted by molar-refractivity contribution is 0.0925. The quantitative estimate of drug-likeness (QED) is 0.489. The van der Waals surface area contributed by atoms with Crippen LogP contribution in [0.25, 0.3) is 22.4 Å². The molecule has 0 fully saturated rings. The Morgan fingerprint density at radius 2 is 1.60 bits per heavy atom. The Hall–Kier alpha value is -4.26. The molecule has 3 aromatic carbocycles. The summed E-state index contributed by atoms with van der Waals surface area (Å²) in [7, 11) is 1.47. The molecule has 4 aromatic rings. The Bertz CT molecular complexity index is 1410. The summed E-state index contributed by atoms with van der Waals surface area (Å²) in [6.45, 7) is 0. The number of carbonyl (C=O) groups is 2. The molecule has 2 amide bonds. The van der Waals surface area contributed by atoms with Crippen molar-refractivity contribution >= 4 is 28.4 Å². The van der Waals surface area contributed by atoms with E-state index in [1.54, 1.807) is 54.6 Å². The zero-order valence-electron chi connectivity index (χ0n) is 15.8. The van der Waals surface area contributed by atoms with Gasteiger partial charge in [-0.05, 0) is 42.5 Å². The number of amides is 2. The summed E-state index contributed by atoms with van der Waals surface area (Å²) < 4.78 is 10.6. The highest BCUT2D eigenvalue weighted by molar-refractivity contribution is 6.35. The third-order valence-corrected chi connectivity index (χ3v) is 4.99. The number of ether oxygens (including phenoxy) is 1. The number of methoxy groups -OCH3 is 1. The summed E-state index contributed by atoms with van der Waals surface area (Å²) in [6, 6.07) is 18.3. The number of para-hydroxylation sites is 3. The highest BCUT2D eigenvalue weighted by Gasteiger charge is 2.38. The lowest BCUT2D eigenvalue weighted by Crippen LogP contribution is -2.29. The van der Waals surface area contributed by atoms with E-state index in [4.69, 9.17) is 9.15 Å². The first kappa shape index (κ1) is 17.8.